The summed E-state index contributed by atoms with van der Waals surface area (Å²) in [5.74, 6) is 1.51. The Hall–Kier alpha value is -1.43. The van der Waals surface area contributed by atoms with Gasteiger partial charge in [0, 0.05) is 31.3 Å². The molecule has 1 saturated heterocycles. The number of morpholine rings is 1. The summed E-state index contributed by atoms with van der Waals surface area (Å²) in [6.45, 7) is 10.1. The van der Waals surface area contributed by atoms with Crippen molar-refractivity contribution in [1.82, 2.24) is 15.0 Å². The monoisotopic (exact) mass is 295 g/mol. The molecule has 1 aromatic rings. The minimum Gasteiger partial charge on any atom is -0.375 e. The lowest BCUT2D eigenvalue weighted by atomic mass is 9.96. The number of hydrogen-bond acceptors (Lipinski definition) is 5. The largest absolute Gasteiger partial charge is 0.375 e. The van der Waals surface area contributed by atoms with E-state index >= 15 is 0 Å². The van der Waals surface area contributed by atoms with Gasteiger partial charge in [-0.3, -0.25) is 4.79 Å². The zero-order valence-electron chi connectivity index (χ0n) is 13.4. The van der Waals surface area contributed by atoms with Gasteiger partial charge in [0.25, 0.3) is 0 Å². The maximum absolute atomic E-state index is 12.1. The zero-order valence-corrected chi connectivity index (χ0v) is 13.4. The van der Waals surface area contributed by atoms with Gasteiger partial charge in [-0.05, 0) is 13.3 Å². The van der Waals surface area contributed by atoms with E-state index in [2.05, 4.69) is 10.1 Å². The van der Waals surface area contributed by atoms with Crippen LogP contribution in [0.25, 0.3) is 0 Å². The Morgan fingerprint density at radius 3 is 2.81 bits per heavy atom. The number of ether oxygens (including phenoxy) is 1. The molecule has 0 aromatic carbocycles. The first-order valence-electron chi connectivity index (χ1n) is 7.58. The number of carbonyl (C=O) groups is 1. The van der Waals surface area contributed by atoms with E-state index in [9.17, 15) is 4.79 Å². The van der Waals surface area contributed by atoms with E-state index in [-0.39, 0.29) is 17.4 Å². The highest BCUT2D eigenvalue weighted by atomic mass is 16.5. The van der Waals surface area contributed by atoms with Crippen LogP contribution in [-0.4, -0.2) is 46.7 Å². The van der Waals surface area contributed by atoms with Gasteiger partial charge in [0.1, 0.15) is 0 Å². The van der Waals surface area contributed by atoms with Crippen molar-refractivity contribution < 1.29 is 14.1 Å². The van der Waals surface area contributed by atoms with E-state index in [0.29, 0.717) is 44.3 Å². The van der Waals surface area contributed by atoms with Gasteiger partial charge in [-0.15, -0.1) is 0 Å². The van der Waals surface area contributed by atoms with E-state index in [4.69, 9.17) is 9.26 Å². The molecular formula is C15H25N3O3. The highest BCUT2D eigenvalue weighted by molar-refractivity contribution is 5.76. The molecule has 0 N–H and O–H groups in total. The van der Waals surface area contributed by atoms with E-state index in [1.807, 2.05) is 32.6 Å². The molecule has 1 aliphatic heterocycles. The van der Waals surface area contributed by atoms with E-state index in [1.54, 1.807) is 0 Å². The number of rotatable bonds is 4. The highest BCUT2D eigenvalue weighted by Crippen LogP contribution is 2.19. The zero-order chi connectivity index (χ0) is 15.5. The number of amides is 1. The molecule has 6 heteroatoms. The predicted molar refractivity (Wildman–Crippen MR) is 77.9 cm³/mol. The molecule has 2 rings (SSSR count). The SMILES string of the molecule is CC1CN(C(=O)CCCc2nc(C(C)(C)C)no2)CCO1. The third-order valence-corrected chi connectivity index (χ3v) is 3.51. The fourth-order valence-electron chi connectivity index (χ4n) is 2.25. The van der Waals surface area contributed by atoms with Crippen LogP contribution in [0.1, 0.15) is 52.3 Å². The highest BCUT2D eigenvalue weighted by Gasteiger charge is 2.22. The van der Waals surface area contributed by atoms with Crippen LogP contribution in [-0.2, 0) is 21.4 Å². The second-order valence-electron chi connectivity index (χ2n) is 6.64. The molecule has 118 valence electrons. The number of nitrogens with zero attached hydrogens (tertiary/aromatic N) is 3. The van der Waals surface area contributed by atoms with E-state index in [1.165, 1.54) is 0 Å². The Bertz CT molecular complexity index is 479. The summed E-state index contributed by atoms with van der Waals surface area (Å²) >= 11 is 0. The first-order chi connectivity index (χ1) is 9.86. The molecule has 1 unspecified atom stereocenters. The molecule has 0 bridgehead atoms. The second kappa shape index (κ2) is 6.56. The first kappa shape index (κ1) is 15.9. The van der Waals surface area contributed by atoms with Crippen molar-refractivity contribution in [2.24, 2.45) is 0 Å². The fourth-order valence-corrected chi connectivity index (χ4v) is 2.25. The molecule has 0 saturated carbocycles. The van der Waals surface area contributed by atoms with Crippen molar-refractivity contribution >= 4 is 5.91 Å². The number of carbonyl (C=O) groups excluding carboxylic acids is 1. The topological polar surface area (TPSA) is 68.5 Å². The molecule has 0 radical (unpaired) electrons. The van der Waals surface area contributed by atoms with Gasteiger partial charge in [-0.2, -0.15) is 4.98 Å². The van der Waals surface area contributed by atoms with Crippen LogP contribution < -0.4 is 0 Å². The van der Waals surface area contributed by atoms with Crippen LogP contribution in [0.3, 0.4) is 0 Å². The van der Waals surface area contributed by atoms with Crippen molar-refractivity contribution in [3.05, 3.63) is 11.7 Å². The predicted octanol–water partition coefficient (Wildman–Crippen LogP) is 1.94. The molecule has 1 amide bonds. The molecule has 2 heterocycles. The molecule has 0 spiro atoms. The second-order valence-corrected chi connectivity index (χ2v) is 6.64. The molecular weight excluding hydrogens is 270 g/mol. The third-order valence-electron chi connectivity index (χ3n) is 3.51. The molecule has 1 aliphatic rings. The average molecular weight is 295 g/mol. The average Bonchev–Trinajstić information content (AvgIpc) is 2.87. The van der Waals surface area contributed by atoms with Crippen LogP contribution in [0.5, 0.6) is 0 Å². The maximum atomic E-state index is 12.1. The van der Waals surface area contributed by atoms with Crippen molar-refractivity contribution in [2.75, 3.05) is 19.7 Å². The van der Waals surface area contributed by atoms with Gasteiger partial charge >= 0.3 is 0 Å². The number of aromatic nitrogens is 2. The van der Waals surface area contributed by atoms with Crippen LogP contribution in [0, 0.1) is 0 Å². The lowest BCUT2D eigenvalue weighted by Crippen LogP contribution is -2.44. The number of hydrogen-bond donors (Lipinski definition) is 0. The minimum atomic E-state index is -0.110. The van der Waals surface area contributed by atoms with Gasteiger partial charge in [0.15, 0.2) is 5.82 Å². The molecule has 21 heavy (non-hydrogen) atoms. The molecule has 1 aromatic heterocycles. The Morgan fingerprint density at radius 1 is 1.43 bits per heavy atom. The Labute approximate surface area is 125 Å². The lowest BCUT2D eigenvalue weighted by molar-refractivity contribution is -0.138. The molecule has 1 atom stereocenters. The van der Waals surface area contributed by atoms with Gasteiger partial charge in [-0.1, -0.05) is 25.9 Å². The van der Waals surface area contributed by atoms with Crippen LogP contribution in [0.15, 0.2) is 4.52 Å². The summed E-state index contributed by atoms with van der Waals surface area (Å²) < 4.78 is 10.7. The summed E-state index contributed by atoms with van der Waals surface area (Å²) in [6.07, 6.45) is 2.03. The summed E-state index contributed by atoms with van der Waals surface area (Å²) in [5.41, 5.74) is -0.110. The summed E-state index contributed by atoms with van der Waals surface area (Å²) in [5, 5.41) is 3.99. The van der Waals surface area contributed by atoms with Crippen LogP contribution in [0.4, 0.5) is 0 Å². The molecule has 6 nitrogen and oxygen atoms in total. The third kappa shape index (κ3) is 4.52. The standard InChI is InChI=1S/C15H25N3O3/c1-11-10-18(8-9-20-11)13(19)7-5-6-12-16-14(17-21-12)15(2,3)4/h11H,5-10H2,1-4H3. The fraction of sp³-hybridized carbons (Fsp3) is 0.800. The first-order valence-corrected chi connectivity index (χ1v) is 7.58. The Morgan fingerprint density at radius 2 is 2.19 bits per heavy atom. The smallest absolute Gasteiger partial charge is 0.226 e. The Kier molecular flexibility index (Phi) is 4.98. The quantitative estimate of drug-likeness (QED) is 0.849. The van der Waals surface area contributed by atoms with Crippen molar-refractivity contribution in [3.8, 4) is 0 Å². The Balaban J connectivity index is 1.76. The molecule has 1 fully saturated rings. The summed E-state index contributed by atoms with van der Waals surface area (Å²) in [4.78, 5) is 18.4. The molecule has 0 aliphatic carbocycles. The van der Waals surface area contributed by atoms with Crippen molar-refractivity contribution in [3.63, 3.8) is 0 Å². The van der Waals surface area contributed by atoms with Gasteiger partial charge in [-0.25, -0.2) is 0 Å². The van der Waals surface area contributed by atoms with Crippen LogP contribution in [0.2, 0.25) is 0 Å². The van der Waals surface area contributed by atoms with Gasteiger partial charge in [0.05, 0.1) is 12.7 Å². The number of aryl methyl sites for hydroxylation is 1. The summed E-state index contributed by atoms with van der Waals surface area (Å²) in [7, 11) is 0. The van der Waals surface area contributed by atoms with Crippen molar-refractivity contribution in [1.29, 1.82) is 0 Å². The lowest BCUT2D eigenvalue weighted by Gasteiger charge is -2.31. The van der Waals surface area contributed by atoms with Gasteiger partial charge in [0.2, 0.25) is 11.8 Å². The van der Waals surface area contributed by atoms with Crippen molar-refractivity contribution in [2.45, 2.75) is 58.5 Å². The minimum absolute atomic E-state index is 0.110. The normalized spacial score (nSPS) is 19.8. The van der Waals surface area contributed by atoms with E-state index < -0.39 is 0 Å². The van der Waals surface area contributed by atoms with Gasteiger partial charge < -0.3 is 14.2 Å². The maximum Gasteiger partial charge on any atom is 0.226 e. The summed E-state index contributed by atoms with van der Waals surface area (Å²) in [6, 6.07) is 0. The van der Waals surface area contributed by atoms with E-state index in [0.717, 1.165) is 6.42 Å². The van der Waals surface area contributed by atoms with Crippen LogP contribution >= 0.6 is 0 Å².